The van der Waals surface area contributed by atoms with Gasteiger partial charge in [0.1, 0.15) is 0 Å². The van der Waals surface area contributed by atoms with Gasteiger partial charge in [-0.15, -0.1) is 0 Å². The van der Waals surface area contributed by atoms with E-state index in [0.717, 1.165) is 38.5 Å². The zero-order valence-corrected chi connectivity index (χ0v) is 12.3. The van der Waals surface area contributed by atoms with Crippen molar-refractivity contribution in [3.05, 3.63) is 0 Å². The molecule has 0 aromatic carbocycles. The molecule has 0 heterocycles. The van der Waals surface area contributed by atoms with E-state index in [2.05, 4.69) is 9.98 Å². The smallest absolute Gasteiger partial charge is 0.0617 e. The average Bonchev–Trinajstić information content (AvgIpc) is 2.46. The van der Waals surface area contributed by atoms with Gasteiger partial charge in [-0.25, -0.2) is 0 Å². The summed E-state index contributed by atoms with van der Waals surface area (Å²) in [6, 6.07) is 0. The summed E-state index contributed by atoms with van der Waals surface area (Å²) >= 11 is 0. The van der Waals surface area contributed by atoms with Crippen LogP contribution >= 0.6 is 0 Å². The van der Waals surface area contributed by atoms with E-state index in [1.165, 1.54) is 12.8 Å². The predicted molar refractivity (Wildman–Crippen MR) is 82.6 cm³/mol. The Kier molecular flexibility index (Phi) is 6.67. The first-order valence-electron chi connectivity index (χ1n) is 8.13. The van der Waals surface area contributed by atoms with Crippen LogP contribution in [0.2, 0.25) is 0 Å². The molecule has 4 heteroatoms. The molecule has 0 bridgehead atoms. The standard InChI is InChI=1S/C16H28N2O2/c19-15-7-3-1-5-13(15)11-17-9-10-18-12-14-6-2-4-8-16(14)20/h11-16,19-20H,1-10H2. The molecule has 0 spiro atoms. The molecule has 2 fully saturated rings. The zero-order valence-electron chi connectivity index (χ0n) is 12.3. The first-order valence-corrected chi connectivity index (χ1v) is 8.13. The van der Waals surface area contributed by atoms with Crippen molar-refractivity contribution in [2.75, 3.05) is 13.1 Å². The van der Waals surface area contributed by atoms with Gasteiger partial charge >= 0.3 is 0 Å². The van der Waals surface area contributed by atoms with Crippen LogP contribution in [-0.2, 0) is 0 Å². The summed E-state index contributed by atoms with van der Waals surface area (Å²) < 4.78 is 0. The summed E-state index contributed by atoms with van der Waals surface area (Å²) in [5.41, 5.74) is 0. The van der Waals surface area contributed by atoms with Gasteiger partial charge in [0.2, 0.25) is 0 Å². The summed E-state index contributed by atoms with van der Waals surface area (Å²) in [5, 5.41) is 19.6. The summed E-state index contributed by atoms with van der Waals surface area (Å²) in [5.74, 6) is 0.487. The molecular weight excluding hydrogens is 252 g/mol. The summed E-state index contributed by atoms with van der Waals surface area (Å²) in [7, 11) is 0. The number of aliphatic hydroxyl groups excluding tert-OH is 2. The monoisotopic (exact) mass is 280 g/mol. The molecule has 114 valence electrons. The van der Waals surface area contributed by atoms with Gasteiger partial charge in [0, 0.05) is 24.3 Å². The van der Waals surface area contributed by atoms with Crippen molar-refractivity contribution in [2.45, 2.75) is 63.6 Å². The molecule has 0 aromatic rings. The Morgan fingerprint density at radius 1 is 0.700 bits per heavy atom. The van der Waals surface area contributed by atoms with Gasteiger partial charge in [-0.3, -0.25) is 9.98 Å². The van der Waals surface area contributed by atoms with Crippen LogP contribution in [0.3, 0.4) is 0 Å². The minimum absolute atomic E-state index is 0.201. The van der Waals surface area contributed by atoms with Gasteiger partial charge in [-0.05, 0) is 25.7 Å². The lowest BCUT2D eigenvalue weighted by Crippen LogP contribution is -2.25. The van der Waals surface area contributed by atoms with Gasteiger partial charge in [0.05, 0.1) is 25.3 Å². The Balaban J connectivity index is 1.62. The Morgan fingerprint density at radius 3 is 1.50 bits per heavy atom. The molecule has 20 heavy (non-hydrogen) atoms. The Labute approximate surface area is 122 Å². The van der Waals surface area contributed by atoms with E-state index in [1.54, 1.807) is 0 Å². The minimum Gasteiger partial charge on any atom is -0.392 e. The van der Waals surface area contributed by atoms with Crippen molar-refractivity contribution in [3.8, 4) is 0 Å². The number of rotatable bonds is 5. The van der Waals surface area contributed by atoms with Crippen molar-refractivity contribution in [1.82, 2.24) is 0 Å². The van der Waals surface area contributed by atoms with Crippen LogP contribution in [0.4, 0.5) is 0 Å². The van der Waals surface area contributed by atoms with Gasteiger partial charge in [0.15, 0.2) is 0 Å². The van der Waals surface area contributed by atoms with Gasteiger partial charge < -0.3 is 10.2 Å². The topological polar surface area (TPSA) is 65.2 Å². The number of nitrogens with zero attached hydrogens (tertiary/aromatic N) is 2. The third kappa shape index (κ3) is 4.98. The molecule has 2 aliphatic rings. The molecule has 0 amide bonds. The summed E-state index contributed by atoms with van der Waals surface area (Å²) in [6.45, 7) is 1.37. The molecule has 2 aliphatic carbocycles. The van der Waals surface area contributed by atoms with Crippen molar-refractivity contribution < 1.29 is 10.2 Å². The molecule has 2 rings (SSSR count). The largest absolute Gasteiger partial charge is 0.392 e. The third-order valence-electron chi connectivity index (χ3n) is 4.52. The molecule has 0 aliphatic heterocycles. The highest BCUT2D eigenvalue weighted by atomic mass is 16.3. The summed E-state index contributed by atoms with van der Waals surface area (Å²) in [6.07, 6.45) is 12.1. The van der Waals surface area contributed by atoms with E-state index >= 15 is 0 Å². The van der Waals surface area contributed by atoms with Crippen LogP contribution in [-0.4, -0.2) is 47.9 Å². The zero-order chi connectivity index (χ0) is 14.2. The number of aliphatic hydroxyl groups is 2. The van der Waals surface area contributed by atoms with E-state index in [-0.39, 0.29) is 24.0 Å². The van der Waals surface area contributed by atoms with E-state index in [0.29, 0.717) is 13.1 Å². The van der Waals surface area contributed by atoms with Crippen LogP contribution in [0, 0.1) is 11.8 Å². The lowest BCUT2D eigenvalue weighted by Gasteiger charge is -2.24. The fourth-order valence-electron chi connectivity index (χ4n) is 3.16. The lowest BCUT2D eigenvalue weighted by molar-refractivity contribution is 0.103. The van der Waals surface area contributed by atoms with Crippen LogP contribution in [0.25, 0.3) is 0 Å². The third-order valence-corrected chi connectivity index (χ3v) is 4.52. The van der Waals surface area contributed by atoms with Gasteiger partial charge in [0.25, 0.3) is 0 Å². The highest BCUT2D eigenvalue weighted by molar-refractivity contribution is 5.62. The van der Waals surface area contributed by atoms with E-state index in [4.69, 9.17) is 0 Å². The second-order valence-corrected chi connectivity index (χ2v) is 6.14. The lowest BCUT2D eigenvalue weighted by atomic mass is 9.87. The molecule has 4 atom stereocenters. The first-order chi connectivity index (χ1) is 9.77. The maximum atomic E-state index is 9.82. The van der Waals surface area contributed by atoms with Crippen molar-refractivity contribution in [2.24, 2.45) is 21.8 Å². The Morgan fingerprint density at radius 2 is 1.10 bits per heavy atom. The number of hydrogen-bond acceptors (Lipinski definition) is 4. The fourth-order valence-corrected chi connectivity index (χ4v) is 3.16. The van der Waals surface area contributed by atoms with Crippen molar-refractivity contribution >= 4 is 12.4 Å². The van der Waals surface area contributed by atoms with Crippen LogP contribution in [0.5, 0.6) is 0 Å². The molecule has 4 unspecified atom stereocenters. The first kappa shape index (κ1) is 15.6. The minimum atomic E-state index is -0.201. The van der Waals surface area contributed by atoms with Crippen LogP contribution in [0.15, 0.2) is 9.98 Å². The summed E-state index contributed by atoms with van der Waals surface area (Å²) in [4.78, 5) is 8.77. The van der Waals surface area contributed by atoms with Gasteiger partial charge in [-0.2, -0.15) is 0 Å². The second-order valence-electron chi connectivity index (χ2n) is 6.14. The maximum Gasteiger partial charge on any atom is 0.0617 e. The van der Waals surface area contributed by atoms with Crippen molar-refractivity contribution in [3.63, 3.8) is 0 Å². The SMILES string of the molecule is OC1CCCCC1C=NCCN=CC1CCCCC1O. The molecule has 0 saturated heterocycles. The van der Waals surface area contributed by atoms with E-state index < -0.39 is 0 Å². The molecule has 0 radical (unpaired) electrons. The number of aliphatic imine (C=N–C) groups is 2. The molecule has 2 N–H and O–H groups in total. The Bertz CT molecular complexity index is 298. The Hall–Kier alpha value is -0.740. The maximum absolute atomic E-state index is 9.82. The average molecular weight is 280 g/mol. The molecule has 4 nitrogen and oxygen atoms in total. The van der Waals surface area contributed by atoms with Gasteiger partial charge in [-0.1, -0.05) is 25.7 Å². The van der Waals surface area contributed by atoms with Crippen LogP contribution < -0.4 is 0 Å². The van der Waals surface area contributed by atoms with Crippen molar-refractivity contribution in [1.29, 1.82) is 0 Å². The van der Waals surface area contributed by atoms with E-state index in [1.807, 2.05) is 12.4 Å². The quantitative estimate of drug-likeness (QED) is 0.599. The van der Waals surface area contributed by atoms with E-state index in [9.17, 15) is 10.2 Å². The number of hydrogen-bond donors (Lipinski definition) is 2. The highest BCUT2D eigenvalue weighted by Crippen LogP contribution is 2.23. The predicted octanol–water partition coefficient (Wildman–Crippen LogP) is 2.23. The molecule has 0 aromatic heterocycles. The van der Waals surface area contributed by atoms with Crippen LogP contribution in [0.1, 0.15) is 51.4 Å². The fraction of sp³-hybridized carbons (Fsp3) is 0.875. The second kappa shape index (κ2) is 8.53. The normalized spacial score (nSPS) is 35.9. The molecule has 2 saturated carbocycles. The highest BCUT2D eigenvalue weighted by Gasteiger charge is 2.21. The molecular formula is C16H28N2O2.